The van der Waals surface area contributed by atoms with Crippen LogP contribution >= 0.6 is 0 Å². The van der Waals surface area contributed by atoms with Crippen molar-refractivity contribution < 1.29 is 43.0 Å². The van der Waals surface area contributed by atoms with Crippen molar-refractivity contribution >= 4 is 35.4 Å². The molecule has 1 saturated heterocycles. The SMILES string of the molecule is CCC1CC(=O)N(CCC(=O)NCCCOCCOCCOCCCNC(=O)CCN2C(=O)C=CC2=O)C1=O. The van der Waals surface area contributed by atoms with E-state index >= 15 is 0 Å². The Bertz CT molecular complexity index is 875. The summed E-state index contributed by atoms with van der Waals surface area (Å²) in [6, 6.07) is 0. The standard InChI is InChI=1S/C26H40N4O9/c1-2-20-19-25(35)30(26(20)36)12-8-22(32)28-10-4-14-38-16-18-39-17-15-37-13-3-9-27-21(31)7-11-29-23(33)5-6-24(29)34/h5-6,20H,2-4,7-19H2,1H3,(H,27,31)(H,28,32). The maximum absolute atomic E-state index is 12.1. The van der Waals surface area contributed by atoms with Crippen molar-refractivity contribution in [2.24, 2.45) is 5.92 Å². The van der Waals surface area contributed by atoms with Crippen LogP contribution < -0.4 is 10.6 Å². The molecule has 0 aromatic carbocycles. The first-order valence-corrected chi connectivity index (χ1v) is 13.5. The van der Waals surface area contributed by atoms with Crippen LogP contribution in [-0.2, 0) is 43.0 Å². The van der Waals surface area contributed by atoms with Gasteiger partial charge in [-0.3, -0.25) is 38.6 Å². The van der Waals surface area contributed by atoms with Crippen LogP contribution in [0.1, 0.15) is 45.4 Å². The molecule has 0 saturated carbocycles. The predicted molar refractivity (Wildman–Crippen MR) is 138 cm³/mol. The number of carbonyl (C=O) groups excluding carboxylic acids is 6. The molecule has 2 aliphatic rings. The van der Waals surface area contributed by atoms with Gasteiger partial charge in [-0.1, -0.05) is 6.92 Å². The van der Waals surface area contributed by atoms with E-state index < -0.39 is 11.8 Å². The van der Waals surface area contributed by atoms with Crippen molar-refractivity contribution in [2.75, 3.05) is 65.8 Å². The van der Waals surface area contributed by atoms with Gasteiger partial charge in [-0.05, 0) is 19.3 Å². The number of imide groups is 2. The molecule has 0 radical (unpaired) electrons. The maximum Gasteiger partial charge on any atom is 0.253 e. The number of amides is 6. The molecule has 2 heterocycles. The van der Waals surface area contributed by atoms with E-state index in [9.17, 15) is 28.8 Å². The molecule has 0 bridgehead atoms. The molecule has 2 aliphatic heterocycles. The highest BCUT2D eigenvalue weighted by molar-refractivity contribution is 6.13. The molecule has 39 heavy (non-hydrogen) atoms. The minimum atomic E-state index is -0.397. The Balaban J connectivity index is 1.30. The average molecular weight is 553 g/mol. The zero-order valence-electron chi connectivity index (χ0n) is 22.6. The van der Waals surface area contributed by atoms with Crippen LogP contribution in [0.3, 0.4) is 0 Å². The zero-order valence-corrected chi connectivity index (χ0v) is 22.6. The van der Waals surface area contributed by atoms with E-state index in [1.54, 1.807) is 0 Å². The lowest BCUT2D eigenvalue weighted by molar-refractivity contribution is -0.140. The smallest absolute Gasteiger partial charge is 0.253 e. The third kappa shape index (κ3) is 12.1. The van der Waals surface area contributed by atoms with Gasteiger partial charge in [0.15, 0.2) is 0 Å². The highest BCUT2D eigenvalue weighted by Crippen LogP contribution is 2.22. The summed E-state index contributed by atoms with van der Waals surface area (Å²) in [5.74, 6) is -1.86. The summed E-state index contributed by atoms with van der Waals surface area (Å²) >= 11 is 0. The summed E-state index contributed by atoms with van der Waals surface area (Å²) in [7, 11) is 0. The first-order chi connectivity index (χ1) is 18.8. The number of nitrogens with zero attached hydrogens (tertiary/aromatic N) is 2. The fraction of sp³-hybridized carbons (Fsp3) is 0.692. The van der Waals surface area contributed by atoms with Crippen molar-refractivity contribution in [1.82, 2.24) is 20.4 Å². The number of likely N-dealkylation sites (tertiary alicyclic amines) is 1. The lowest BCUT2D eigenvalue weighted by Crippen LogP contribution is -2.35. The largest absolute Gasteiger partial charge is 0.379 e. The number of carbonyl (C=O) groups is 6. The molecule has 1 atom stereocenters. The fourth-order valence-electron chi connectivity index (χ4n) is 3.91. The molecule has 6 amide bonds. The van der Waals surface area contributed by atoms with Gasteiger partial charge in [0.2, 0.25) is 23.6 Å². The second kappa shape index (κ2) is 18.2. The summed E-state index contributed by atoms with van der Waals surface area (Å²) in [6.07, 6.45) is 4.68. The molecule has 1 unspecified atom stereocenters. The number of rotatable bonds is 21. The summed E-state index contributed by atoms with van der Waals surface area (Å²) in [5, 5.41) is 5.48. The maximum atomic E-state index is 12.1. The fourth-order valence-corrected chi connectivity index (χ4v) is 3.91. The zero-order chi connectivity index (χ0) is 28.5. The van der Waals surface area contributed by atoms with Crippen LogP contribution in [0, 0.1) is 5.92 Å². The molecule has 2 rings (SSSR count). The quantitative estimate of drug-likeness (QED) is 0.142. The lowest BCUT2D eigenvalue weighted by atomic mass is 10.1. The summed E-state index contributed by atoms with van der Waals surface area (Å²) in [6.45, 7) is 5.54. The van der Waals surface area contributed by atoms with E-state index in [0.29, 0.717) is 72.0 Å². The van der Waals surface area contributed by atoms with E-state index in [4.69, 9.17) is 14.2 Å². The molecule has 13 nitrogen and oxygen atoms in total. The third-order valence-corrected chi connectivity index (χ3v) is 6.17. The van der Waals surface area contributed by atoms with Gasteiger partial charge >= 0.3 is 0 Å². The minimum absolute atomic E-state index is 0.0648. The third-order valence-electron chi connectivity index (χ3n) is 6.17. The molecule has 0 aromatic rings. The first kappa shape index (κ1) is 32.1. The molecule has 0 spiro atoms. The van der Waals surface area contributed by atoms with Crippen molar-refractivity contribution in [3.63, 3.8) is 0 Å². The summed E-state index contributed by atoms with van der Waals surface area (Å²) < 4.78 is 16.3. The van der Waals surface area contributed by atoms with Crippen LogP contribution in [-0.4, -0.2) is 111 Å². The second-order valence-electron chi connectivity index (χ2n) is 9.10. The van der Waals surface area contributed by atoms with Gasteiger partial charge in [0, 0.05) is 76.7 Å². The van der Waals surface area contributed by atoms with E-state index in [-0.39, 0.29) is 61.9 Å². The molecule has 2 N–H and O–H groups in total. The van der Waals surface area contributed by atoms with Gasteiger partial charge in [0.25, 0.3) is 11.8 Å². The molecular weight excluding hydrogens is 512 g/mol. The Kier molecular flexibility index (Phi) is 14.9. The van der Waals surface area contributed by atoms with Crippen LogP contribution in [0.25, 0.3) is 0 Å². The minimum Gasteiger partial charge on any atom is -0.379 e. The van der Waals surface area contributed by atoms with Crippen molar-refractivity contribution in [3.8, 4) is 0 Å². The number of hydrogen-bond acceptors (Lipinski definition) is 9. The number of ether oxygens (including phenoxy) is 3. The monoisotopic (exact) mass is 552 g/mol. The van der Waals surface area contributed by atoms with Crippen molar-refractivity contribution in [1.29, 1.82) is 0 Å². The van der Waals surface area contributed by atoms with E-state index in [1.807, 2.05) is 6.92 Å². The van der Waals surface area contributed by atoms with Gasteiger partial charge < -0.3 is 24.8 Å². The number of hydrogen-bond donors (Lipinski definition) is 2. The first-order valence-electron chi connectivity index (χ1n) is 13.5. The number of nitrogens with one attached hydrogen (secondary N) is 2. The van der Waals surface area contributed by atoms with Crippen molar-refractivity contribution in [3.05, 3.63) is 12.2 Å². The molecule has 0 aliphatic carbocycles. The Hall–Kier alpha value is -3.16. The van der Waals surface area contributed by atoms with Crippen LogP contribution in [0.4, 0.5) is 0 Å². The molecule has 0 aromatic heterocycles. The Morgan fingerprint density at radius 1 is 0.769 bits per heavy atom. The summed E-state index contributed by atoms with van der Waals surface area (Å²) in [4.78, 5) is 72.7. The average Bonchev–Trinajstić information content (AvgIpc) is 3.39. The molecular formula is C26H40N4O9. The predicted octanol–water partition coefficient (Wildman–Crippen LogP) is -0.461. The van der Waals surface area contributed by atoms with Gasteiger partial charge in [0.1, 0.15) is 0 Å². The highest BCUT2D eigenvalue weighted by Gasteiger charge is 2.37. The van der Waals surface area contributed by atoms with Crippen LogP contribution in [0.2, 0.25) is 0 Å². The molecule has 13 heteroatoms. The van der Waals surface area contributed by atoms with E-state index in [2.05, 4.69) is 10.6 Å². The van der Waals surface area contributed by atoms with Crippen molar-refractivity contribution in [2.45, 2.75) is 45.4 Å². The van der Waals surface area contributed by atoms with E-state index in [0.717, 1.165) is 4.90 Å². The van der Waals surface area contributed by atoms with Gasteiger partial charge in [-0.15, -0.1) is 0 Å². The van der Waals surface area contributed by atoms with Crippen LogP contribution in [0.15, 0.2) is 12.2 Å². The molecule has 1 fully saturated rings. The van der Waals surface area contributed by atoms with Gasteiger partial charge in [-0.2, -0.15) is 0 Å². The Labute approximate surface area is 228 Å². The molecule has 218 valence electrons. The van der Waals surface area contributed by atoms with Gasteiger partial charge in [0.05, 0.1) is 26.4 Å². The normalized spacial score (nSPS) is 17.0. The second-order valence-corrected chi connectivity index (χ2v) is 9.10. The van der Waals surface area contributed by atoms with Gasteiger partial charge in [-0.25, -0.2) is 0 Å². The lowest BCUT2D eigenvalue weighted by Gasteiger charge is -2.14. The van der Waals surface area contributed by atoms with Crippen LogP contribution in [0.5, 0.6) is 0 Å². The topological polar surface area (TPSA) is 161 Å². The van der Waals surface area contributed by atoms with E-state index in [1.165, 1.54) is 17.1 Å². The Morgan fingerprint density at radius 2 is 1.23 bits per heavy atom. The highest BCUT2D eigenvalue weighted by atomic mass is 16.5. The Morgan fingerprint density at radius 3 is 1.69 bits per heavy atom. The summed E-state index contributed by atoms with van der Waals surface area (Å²) in [5.41, 5.74) is 0.